The number of fused-ring (bicyclic) bond motifs is 1. The molecule has 2 rings (SSSR count). The number of β-lactam (4-membered cyclic amide) rings is 1. The Kier molecular flexibility index (Phi) is 3.32. The molecule has 0 N–H and O–H groups in total. The normalized spacial score (nSPS) is 28.1. The van der Waals surface area contributed by atoms with Gasteiger partial charge in [0.25, 0.3) is 5.91 Å². The van der Waals surface area contributed by atoms with E-state index in [4.69, 9.17) is 4.74 Å². The molecule has 1 fully saturated rings. The maximum absolute atomic E-state index is 12.5. The second-order valence-electron chi connectivity index (χ2n) is 5.77. The Morgan fingerprint density at radius 3 is 2.56 bits per heavy atom. The van der Waals surface area contributed by atoms with Crippen LogP contribution in [-0.2, 0) is 14.3 Å². The van der Waals surface area contributed by atoms with Crippen LogP contribution in [0.25, 0.3) is 0 Å². The van der Waals surface area contributed by atoms with Crippen molar-refractivity contribution in [2.45, 2.75) is 39.2 Å². The molecule has 1 saturated heterocycles. The van der Waals surface area contributed by atoms with Crippen LogP contribution in [0.4, 0.5) is 0 Å². The van der Waals surface area contributed by atoms with Crippen molar-refractivity contribution in [3.05, 3.63) is 11.3 Å². The topological polar surface area (TPSA) is 46.6 Å². The molecule has 0 aliphatic carbocycles. The Morgan fingerprint density at radius 1 is 1.44 bits per heavy atom. The summed E-state index contributed by atoms with van der Waals surface area (Å²) >= 11 is 1.66. The first kappa shape index (κ1) is 13.6. The number of hydrogen-bond acceptors (Lipinski definition) is 4. The van der Waals surface area contributed by atoms with Gasteiger partial charge in [-0.2, -0.15) is 0 Å². The van der Waals surface area contributed by atoms with Gasteiger partial charge >= 0.3 is 0 Å². The highest BCUT2D eigenvalue weighted by atomic mass is 32.2. The summed E-state index contributed by atoms with van der Waals surface area (Å²) in [6.07, 6.45) is -0.397. The average Bonchev–Trinajstić information content (AvgIpc) is 2.28. The lowest BCUT2D eigenvalue weighted by atomic mass is 9.86. The Hall–Kier alpha value is -0.810. The standard InChI is InChI=1S/C13H19NO3S/c1-7-6-18-12-9(17-5)11(16)14(12)8(7)10(15)13(2,3)4/h9,12H,6H2,1-5H3/t9-,12-/m0/s1. The van der Waals surface area contributed by atoms with Crippen molar-refractivity contribution >= 4 is 23.5 Å². The van der Waals surface area contributed by atoms with Gasteiger partial charge in [0, 0.05) is 18.3 Å². The lowest BCUT2D eigenvalue weighted by molar-refractivity contribution is -0.160. The van der Waals surface area contributed by atoms with Crippen molar-refractivity contribution in [3.8, 4) is 0 Å². The third-order valence-corrected chi connectivity index (χ3v) is 4.66. The van der Waals surface area contributed by atoms with E-state index in [1.165, 1.54) is 7.11 Å². The molecule has 2 atom stereocenters. The molecule has 0 saturated carbocycles. The zero-order valence-electron chi connectivity index (χ0n) is 11.4. The van der Waals surface area contributed by atoms with E-state index < -0.39 is 11.5 Å². The second-order valence-corrected chi connectivity index (χ2v) is 6.88. The molecule has 0 unspecified atom stereocenters. The monoisotopic (exact) mass is 269 g/mol. The molecule has 0 aromatic heterocycles. The van der Waals surface area contributed by atoms with Gasteiger partial charge in [-0.3, -0.25) is 14.5 Å². The molecule has 0 aromatic carbocycles. The lowest BCUT2D eigenvalue weighted by Crippen LogP contribution is -2.65. The molecule has 2 aliphatic rings. The minimum atomic E-state index is -0.471. The summed E-state index contributed by atoms with van der Waals surface area (Å²) in [5, 5.41) is -0.0347. The van der Waals surface area contributed by atoms with Crippen LogP contribution in [-0.4, -0.2) is 40.9 Å². The van der Waals surface area contributed by atoms with E-state index in [-0.39, 0.29) is 17.1 Å². The van der Waals surface area contributed by atoms with E-state index >= 15 is 0 Å². The number of carbonyl (C=O) groups excluding carboxylic acids is 2. The quantitative estimate of drug-likeness (QED) is 0.717. The predicted octanol–water partition coefficient (Wildman–Crippen LogP) is 1.81. The SMILES string of the molecule is CO[C@H]1C(=O)N2C(C(=O)C(C)(C)C)=C(C)CS[C@@H]12. The molecule has 100 valence electrons. The van der Waals surface area contributed by atoms with Crippen molar-refractivity contribution in [2.24, 2.45) is 5.41 Å². The molecular weight excluding hydrogens is 250 g/mol. The van der Waals surface area contributed by atoms with E-state index in [0.717, 1.165) is 11.3 Å². The summed E-state index contributed by atoms with van der Waals surface area (Å²) in [6, 6.07) is 0. The van der Waals surface area contributed by atoms with Crippen LogP contribution in [0.2, 0.25) is 0 Å². The van der Waals surface area contributed by atoms with Gasteiger partial charge in [0.15, 0.2) is 11.9 Å². The number of rotatable bonds is 2. The number of allylic oxidation sites excluding steroid dienone is 1. The zero-order valence-corrected chi connectivity index (χ0v) is 12.3. The molecule has 0 aromatic rings. The highest BCUT2D eigenvalue weighted by molar-refractivity contribution is 8.00. The predicted molar refractivity (Wildman–Crippen MR) is 71.1 cm³/mol. The number of hydrogen-bond donors (Lipinski definition) is 0. The fraction of sp³-hybridized carbons (Fsp3) is 0.692. The second kappa shape index (κ2) is 4.38. The minimum absolute atomic E-state index is 0.0347. The largest absolute Gasteiger partial charge is 0.368 e. The van der Waals surface area contributed by atoms with Gasteiger partial charge in [-0.15, -0.1) is 11.8 Å². The van der Waals surface area contributed by atoms with Crippen molar-refractivity contribution in [3.63, 3.8) is 0 Å². The summed E-state index contributed by atoms with van der Waals surface area (Å²) in [6.45, 7) is 7.56. The van der Waals surface area contributed by atoms with E-state index in [2.05, 4.69) is 0 Å². The molecule has 0 radical (unpaired) electrons. The van der Waals surface area contributed by atoms with Gasteiger partial charge in [0.05, 0.1) is 5.70 Å². The van der Waals surface area contributed by atoms with Crippen LogP contribution < -0.4 is 0 Å². The van der Waals surface area contributed by atoms with E-state index in [9.17, 15) is 9.59 Å². The third-order valence-electron chi connectivity index (χ3n) is 3.26. The number of ether oxygens (including phenoxy) is 1. The molecule has 4 nitrogen and oxygen atoms in total. The first-order valence-corrected chi connectivity index (χ1v) is 7.06. The van der Waals surface area contributed by atoms with Crippen molar-refractivity contribution in [1.29, 1.82) is 0 Å². The van der Waals surface area contributed by atoms with Crippen LogP contribution >= 0.6 is 11.8 Å². The lowest BCUT2D eigenvalue weighted by Gasteiger charge is -2.49. The van der Waals surface area contributed by atoms with Gasteiger partial charge in [0.1, 0.15) is 5.37 Å². The van der Waals surface area contributed by atoms with Gasteiger partial charge in [-0.25, -0.2) is 0 Å². The van der Waals surface area contributed by atoms with E-state index in [1.807, 2.05) is 27.7 Å². The number of thioether (sulfide) groups is 1. The molecule has 0 bridgehead atoms. The summed E-state index contributed by atoms with van der Waals surface area (Å²) in [4.78, 5) is 26.1. The minimum Gasteiger partial charge on any atom is -0.368 e. The van der Waals surface area contributed by atoms with Crippen molar-refractivity contribution in [2.75, 3.05) is 12.9 Å². The maximum atomic E-state index is 12.5. The molecule has 18 heavy (non-hydrogen) atoms. The molecular formula is C13H19NO3S. The Labute approximate surface area is 112 Å². The number of Topliss-reactive ketones (excluding diaryl/α,β-unsaturated/α-hetero) is 1. The number of amides is 1. The fourth-order valence-electron chi connectivity index (χ4n) is 2.20. The van der Waals surface area contributed by atoms with Crippen LogP contribution in [0.15, 0.2) is 11.3 Å². The van der Waals surface area contributed by atoms with Crippen molar-refractivity contribution < 1.29 is 14.3 Å². The fourth-order valence-corrected chi connectivity index (χ4v) is 3.52. The molecule has 5 heteroatoms. The number of nitrogens with zero attached hydrogens (tertiary/aromatic N) is 1. The van der Waals surface area contributed by atoms with Crippen LogP contribution in [0.1, 0.15) is 27.7 Å². The van der Waals surface area contributed by atoms with Crippen molar-refractivity contribution in [1.82, 2.24) is 4.90 Å². The van der Waals surface area contributed by atoms with Gasteiger partial charge in [-0.1, -0.05) is 20.8 Å². The summed E-state index contributed by atoms with van der Waals surface area (Å²) in [5.41, 5.74) is 1.10. The summed E-state index contributed by atoms with van der Waals surface area (Å²) in [5.74, 6) is 0.723. The third kappa shape index (κ3) is 1.89. The highest BCUT2D eigenvalue weighted by Gasteiger charge is 2.54. The first-order chi connectivity index (χ1) is 8.29. The zero-order chi connectivity index (χ0) is 13.7. The molecule has 1 amide bonds. The van der Waals surface area contributed by atoms with E-state index in [0.29, 0.717) is 5.70 Å². The Morgan fingerprint density at radius 2 is 2.06 bits per heavy atom. The average molecular weight is 269 g/mol. The highest BCUT2D eigenvalue weighted by Crippen LogP contribution is 2.43. The Balaban J connectivity index is 2.34. The number of ketones is 1. The van der Waals surface area contributed by atoms with Crippen LogP contribution in [0.3, 0.4) is 0 Å². The molecule has 2 aliphatic heterocycles. The first-order valence-electron chi connectivity index (χ1n) is 6.01. The molecule has 2 heterocycles. The van der Waals surface area contributed by atoms with Gasteiger partial charge in [-0.05, 0) is 12.5 Å². The van der Waals surface area contributed by atoms with Crippen LogP contribution in [0.5, 0.6) is 0 Å². The van der Waals surface area contributed by atoms with Crippen LogP contribution in [0, 0.1) is 5.41 Å². The molecule has 0 spiro atoms. The number of methoxy groups -OCH3 is 1. The van der Waals surface area contributed by atoms with E-state index in [1.54, 1.807) is 16.7 Å². The summed E-state index contributed by atoms with van der Waals surface area (Å²) in [7, 11) is 1.54. The number of carbonyl (C=O) groups is 2. The van der Waals surface area contributed by atoms with Gasteiger partial charge in [0.2, 0.25) is 0 Å². The summed E-state index contributed by atoms with van der Waals surface area (Å²) < 4.78 is 5.17. The van der Waals surface area contributed by atoms with Gasteiger partial charge < -0.3 is 4.74 Å². The maximum Gasteiger partial charge on any atom is 0.260 e. The smallest absolute Gasteiger partial charge is 0.260 e. The Bertz CT molecular complexity index is 436.